The minimum absolute atomic E-state index is 0.0307. The SMILES string of the molecule is Cc1ncc(S(=O)(=O)CC[C@H]2CN(S(=O)(=O)c3ccc(F)cc3)c3cc(CC(=O)OC(C)(C)C(F)(F)F)ccc3O2)s1. The van der Waals surface area contributed by atoms with Gasteiger partial charge < -0.3 is 9.47 Å². The first-order chi connectivity index (χ1) is 19.4. The maximum absolute atomic E-state index is 13.7. The third-order valence-corrected chi connectivity index (χ3v) is 11.4. The number of carbonyl (C=O) groups is 1. The van der Waals surface area contributed by atoms with Crippen molar-refractivity contribution in [3.8, 4) is 5.75 Å². The number of sulfonamides is 1. The number of fused-ring (bicyclic) bond motifs is 1. The summed E-state index contributed by atoms with van der Waals surface area (Å²) < 4.78 is 118. The molecule has 4 rings (SSSR count). The molecule has 1 atom stereocenters. The van der Waals surface area contributed by atoms with Crippen LogP contribution in [0.15, 0.2) is 57.8 Å². The zero-order valence-electron chi connectivity index (χ0n) is 22.5. The quantitative estimate of drug-likeness (QED) is 0.239. The Morgan fingerprint density at radius 1 is 1.12 bits per heavy atom. The molecular weight excluding hydrogens is 624 g/mol. The van der Waals surface area contributed by atoms with Crippen molar-refractivity contribution in [2.24, 2.45) is 0 Å². The van der Waals surface area contributed by atoms with Gasteiger partial charge in [-0.15, -0.1) is 11.3 Å². The van der Waals surface area contributed by atoms with Gasteiger partial charge in [-0.25, -0.2) is 26.2 Å². The number of nitrogens with zero attached hydrogens (tertiary/aromatic N) is 2. The van der Waals surface area contributed by atoms with Crippen molar-refractivity contribution in [1.82, 2.24) is 4.98 Å². The van der Waals surface area contributed by atoms with Crippen molar-refractivity contribution in [1.29, 1.82) is 0 Å². The van der Waals surface area contributed by atoms with Crippen LogP contribution in [0.25, 0.3) is 0 Å². The van der Waals surface area contributed by atoms with E-state index in [0.717, 1.165) is 39.9 Å². The Labute approximate surface area is 244 Å². The molecule has 3 aromatic rings. The molecule has 0 N–H and O–H groups in total. The number of rotatable bonds is 9. The molecule has 0 fully saturated rings. The number of aromatic nitrogens is 1. The maximum Gasteiger partial charge on any atom is 0.427 e. The molecule has 1 aliphatic rings. The highest BCUT2D eigenvalue weighted by Crippen LogP contribution is 2.39. The van der Waals surface area contributed by atoms with Crippen LogP contribution in [0.4, 0.5) is 23.2 Å². The molecule has 0 amide bonds. The molecule has 0 spiro atoms. The van der Waals surface area contributed by atoms with Crippen LogP contribution >= 0.6 is 11.3 Å². The molecule has 0 saturated carbocycles. The lowest BCUT2D eigenvalue weighted by molar-refractivity contribution is -0.257. The predicted molar refractivity (Wildman–Crippen MR) is 145 cm³/mol. The van der Waals surface area contributed by atoms with E-state index in [9.17, 15) is 39.2 Å². The van der Waals surface area contributed by atoms with E-state index in [4.69, 9.17) is 4.74 Å². The summed E-state index contributed by atoms with van der Waals surface area (Å²) in [6.07, 6.45) is -5.17. The summed E-state index contributed by atoms with van der Waals surface area (Å²) in [4.78, 5) is 16.0. The Kier molecular flexibility index (Phi) is 8.64. The molecule has 0 aliphatic carbocycles. The highest BCUT2D eigenvalue weighted by molar-refractivity contribution is 7.93. The van der Waals surface area contributed by atoms with E-state index < -0.39 is 55.9 Å². The number of aryl methyl sites for hydroxylation is 1. The van der Waals surface area contributed by atoms with Crippen molar-refractivity contribution < 1.29 is 48.7 Å². The lowest BCUT2D eigenvalue weighted by atomic mass is 10.1. The fourth-order valence-electron chi connectivity index (χ4n) is 4.00. The number of benzene rings is 2. The largest absolute Gasteiger partial charge is 0.486 e. The van der Waals surface area contributed by atoms with Crippen LogP contribution in [0.3, 0.4) is 0 Å². The normalized spacial score (nSPS) is 16.1. The summed E-state index contributed by atoms with van der Waals surface area (Å²) in [5.74, 6) is -2.18. The van der Waals surface area contributed by atoms with Crippen LogP contribution in [0.2, 0.25) is 0 Å². The molecule has 0 radical (unpaired) electrons. The number of anilines is 1. The Morgan fingerprint density at radius 3 is 2.38 bits per heavy atom. The zero-order chi connectivity index (χ0) is 31.1. The summed E-state index contributed by atoms with van der Waals surface area (Å²) in [5.41, 5.74) is -2.64. The van der Waals surface area contributed by atoms with Gasteiger partial charge in [0.25, 0.3) is 10.0 Å². The van der Waals surface area contributed by atoms with Crippen molar-refractivity contribution in [2.75, 3.05) is 16.6 Å². The van der Waals surface area contributed by atoms with Crippen LogP contribution in [0, 0.1) is 12.7 Å². The summed E-state index contributed by atoms with van der Waals surface area (Å²) in [6, 6.07) is 8.02. The fraction of sp³-hybridized carbons (Fsp3) is 0.385. The summed E-state index contributed by atoms with van der Waals surface area (Å²) in [7, 11) is -8.09. The highest BCUT2D eigenvalue weighted by atomic mass is 32.2. The molecule has 0 unspecified atom stereocenters. The molecule has 1 aliphatic heterocycles. The average Bonchev–Trinajstić information content (AvgIpc) is 3.33. The van der Waals surface area contributed by atoms with Gasteiger partial charge in [-0.3, -0.25) is 9.10 Å². The molecule has 2 aromatic carbocycles. The van der Waals surface area contributed by atoms with E-state index in [-0.39, 0.29) is 44.8 Å². The minimum Gasteiger partial charge on any atom is -0.486 e. The van der Waals surface area contributed by atoms with Crippen molar-refractivity contribution in [3.05, 3.63) is 65.0 Å². The van der Waals surface area contributed by atoms with E-state index in [0.29, 0.717) is 18.9 Å². The molecular formula is C26H26F4N2O7S3. The van der Waals surface area contributed by atoms with Gasteiger partial charge in [0.2, 0.25) is 5.60 Å². The third kappa shape index (κ3) is 6.86. The number of hydrogen-bond donors (Lipinski definition) is 0. The number of alkyl halides is 3. The van der Waals surface area contributed by atoms with Gasteiger partial charge in [0.1, 0.15) is 21.9 Å². The smallest absolute Gasteiger partial charge is 0.427 e. The van der Waals surface area contributed by atoms with E-state index in [1.54, 1.807) is 6.92 Å². The number of esters is 1. The molecule has 1 aromatic heterocycles. The Bertz CT molecular complexity index is 1690. The molecule has 16 heteroatoms. The van der Waals surface area contributed by atoms with Crippen LogP contribution < -0.4 is 9.04 Å². The standard InChI is InChI=1S/C26H26F4N2O7S3/c1-16-31-14-24(40-16)41(34,35)11-10-19-15-32(42(36,37)20-7-5-18(27)6-8-20)21-12-17(4-9-22(21)38-19)13-23(33)39-25(2,3)26(28,29)30/h4-9,12,14,19H,10-11,13,15H2,1-3H3/t19-/m0/s1. The third-order valence-electron chi connectivity index (χ3n) is 6.37. The van der Waals surface area contributed by atoms with E-state index in [1.807, 2.05) is 0 Å². The zero-order valence-corrected chi connectivity index (χ0v) is 25.0. The second-order valence-corrected chi connectivity index (χ2v) is 15.4. The van der Waals surface area contributed by atoms with Gasteiger partial charge in [-0.1, -0.05) is 6.07 Å². The van der Waals surface area contributed by atoms with Crippen molar-refractivity contribution in [2.45, 2.75) is 60.6 Å². The Morgan fingerprint density at radius 2 is 1.79 bits per heavy atom. The van der Waals surface area contributed by atoms with Gasteiger partial charge in [0, 0.05) is 6.42 Å². The first kappa shape index (κ1) is 31.7. The number of ether oxygens (including phenoxy) is 2. The summed E-state index contributed by atoms with van der Waals surface area (Å²) in [5, 5.41) is 0.564. The monoisotopic (exact) mass is 650 g/mol. The van der Waals surface area contributed by atoms with Crippen molar-refractivity contribution >= 4 is 42.9 Å². The fourth-order valence-corrected chi connectivity index (χ4v) is 8.11. The maximum atomic E-state index is 13.7. The van der Waals surface area contributed by atoms with Gasteiger partial charge in [0.05, 0.1) is 40.5 Å². The van der Waals surface area contributed by atoms with Crippen molar-refractivity contribution in [3.63, 3.8) is 0 Å². The average molecular weight is 651 g/mol. The van der Waals surface area contributed by atoms with Crippen LogP contribution in [-0.4, -0.2) is 58.0 Å². The number of thiazole rings is 1. The molecule has 9 nitrogen and oxygen atoms in total. The molecule has 0 saturated heterocycles. The first-order valence-electron chi connectivity index (χ1n) is 12.4. The first-order valence-corrected chi connectivity index (χ1v) is 16.3. The van der Waals surface area contributed by atoms with Gasteiger partial charge in [-0.2, -0.15) is 13.2 Å². The second-order valence-electron chi connectivity index (χ2n) is 10.00. The van der Waals surface area contributed by atoms with Crippen LogP contribution in [-0.2, 0) is 35.8 Å². The molecule has 228 valence electrons. The lowest BCUT2D eigenvalue weighted by Crippen LogP contribution is -2.44. The van der Waals surface area contributed by atoms with E-state index >= 15 is 0 Å². The molecule has 0 bridgehead atoms. The number of carbonyl (C=O) groups excluding carboxylic acids is 1. The number of hydrogen-bond acceptors (Lipinski definition) is 9. The predicted octanol–water partition coefficient (Wildman–Crippen LogP) is 4.84. The van der Waals surface area contributed by atoms with Gasteiger partial charge >= 0.3 is 12.1 Å². The van der Waals surface area contributed by atoms with Gasteiger partial charge in [-0.05, 0) is 62.7 Å². The minimum atomic E-state index is -4.81. The van der Waals surface area contributed by atoms with Crippen LogP contribution in [0.5, 0.6) is 5.75 Å². The van der Waals surface area contributed by atoms with Crippen LogP contribution in [0.1, 0.15) is 30.8 Å². The lowest BCUT2D eigenvalue weighted by Gasteiger charge is -2.36. The second kappa shape index (κ2) is 11.4. The number of sulfone groups is 1. The Balaban J connectivity index is 1.64. The Hall–Kier alpha value is -3.24. The van der Waals surface area contributed by atoms with Gasteiger partial charge in [0.15, 0.2) is 9.84 Å². The van der Waals surface area contributed by atoms with E-state index in [2.05, 4.69) is 9.72 Å². The molecule has 2 heterocycles. The number of halogens is 4. The highest BCUT2D eigenvalue weighted by Gasteiger charge is 2.50. The topological polar surface area (TPSA) is 120 Å². The molecule has 42 heavy (non-hydrogen) atoms. The summed E-state index contributed by atoms with van der Waals surface area (Å²) >= 11 is 1.01. The summed E-state index contributed by atoms with van der Waals surface area (Å²) in [6.45, 7) is 2.74. The van der Waals surface area contributed by atoms with E-state index in [1.165, 1.54) is 24.4 Å².